The number of nitrogens with one attached hydrogen (secondary N) is 1. The van der Waals surface area contributed by atoms with E-state index in [0.29, 0.717) is 25.6 Å². The number of hydrogen-bond acceptors (Lipinski definition) is 5. The Labute approximate surface area is 169 Å². The van der Waals surface area contributed by atoms with Gasteiger partial charge in [-0.25, -0.2) is 21.6 Å². The van der Waals surface area contributed by atoms with Crippen LogP contribution in [0.1, 0.15) is 39.0 Å². The monoisotopic (exact) mass is 429 g/mol. The fourth-order valence-corrected chi connectivity index (χ4v) is 6.54. The fraction of sp³-hybridized carbons (Fsp3) is 0.684. The Bertz CT molecular complexity index is 848. The van der Waals surface area contributed by atoms with E-state index in [-0.39, 0.29) is 9.79 Å². The summed E-state index contributed by atoms with van der Waals surface area (Å²) in [6.45, 7) is 6.74. The van der Waals surface area contributed by atoms with E-state index in [1.807, 2.05) is 0 Å². The topological polar surface area (TPSA) is 86.8 Å². The normalized spacial score (nSPS) is 22.5. The molecule has 0 bridgehead atoms. The van der Waals surface area contributed by atoms with Gasteiger partial charge < -0.3 is 4.90 Å². The van der Waals surface area contributed by atoms with Crippen LogP contribution in [0.15, 0.2) is 34.1 Å². The number of nitrogens with zero attached hydrogens (tertiary/aromatic N) is 2. The summed E-state index contributed by atoms with van der Waals surface area (Å²) in [6, 6.07) is 5.52. The van der Waals surface area contributed by atoms with E-state index in [4.69, 9.17) is 0 Å². The van der Waals surface area contributed by atoms with Gasteiger partial charge >= 0.3 is 0 Å². The number of likely N-dealkylation sites (tertiary alicyclic amines) is 1. The molecule has 2 heterocycles. The smallest absolute Gasteiger partial charge is 0.243 e. The van der Waals surface area contributed by atoms with Crippen molar-refractivity contribution >= 4 is 20.0 Å². The summed E-state index contributed by atoms with van der Waals surface area (Å²) in [5, 5.41) is 0. The van der Waals surface area contributed by atoms with E-state index in [1.165, 1.54) is 41.4 Å². The first-order chi connectivity index (χ1) is 13.3. The number of hydrogen-bond donors (Lipinski definition) is 1. The zero-order valence-corrected chi connectivity index (χ0v) is 18.1. The third-order valence-electron chi connectivity index (χ3n) is 5.52. The average molecular weight is 430 g/mol. The van der Waals surface area contributed by atoms with Gasteiger partial charge in [0.15, 0.2) is 0 Å². The Morgan fingerprint density at radius 2 is 1.61 bits per heavy atom. The summed E-state index contributed by atoms with van der Waals surface area (Å²) >= 11 is 0. The Morgan fingerprint density at radius 1 is 0.964 bits per heavy atom. The second-order valence-corrected chi connectivity index (χ2v) is 11.6. The molecule has 0 spiro atoms. The van der Waals surface area contributed by atoms with Gasteiger partial charge in [-0.15, -0.1) is 0 Å². The number of rotatable bonds is 8. The molecule has 7 nitrogen and oxygen atoms in total. The maximum absolute atomic E-state index is 12.5. The Kier molecular flexibility index (Phi) is 7.14. The van der Waals surface area contributed by atoms with Gasteiger partial charge in [0.25, 0.3) is 0 Å². The summed E-state index contributed by atoms with van der Waals surface area (Å²) in [5.74, 6) is 0.709. The van der Waals surface area contributed by atoms with Crippen molar-refractivity contribution in [1.29, 1.82) is 0 Å². The van der Waals surface area contributed by atoms with Crippen LogP contribution in [-0.4, -0.2) is 65.3 Å². The minimum atomic E-state index is -3.63. The zero-order valence-electron chi connectivity index (χ0n) is 16.5. The van der Waals surface area contributed by atoms with Crippen LogP contribution in [-0.2, 0) is 20.0 Å². The van der Waals surface area contributed by atoms with Crippen LogP contribution < -0.4 is 4.72 Å². The molecule has 0 amide bonds. The molecule has 0 radical (unpaired) electrons. The maximum Gasteiger partial charge on any atom is 0.243 e. The highest BCUT2D eigenvalue weighted by Crippen LogP contribution is 2.22. The Balaban J connectivity index is 1.53. The highest BCUT2D eigenvalue weighted by Gasteiger charge is 2.27. The molecule has 0 saturated carbocycles. The summed E-state index contributed by atoms with van der Waals surface area (Å²) in [6.07, 6.45) is 4.97. The van der Waals surface area contributed by atoms with Crippen LogP contribution in [0.25, 0.3) is 0 Å². The molecular formula is C19H31N3O4S2. The SMILES string of the molecule is CC1CCCN(CCCNS(=O)(=O)c2ccc(S(=O)(=O)N3CCCC3)cc2)C1. The van der Waals surface area contributed by atoms with Crippen molar-refractivity contribution in [3.8, 4) is 0 Å². The van der Waals surface area contributed by atoms with Crippen molar-refractivity contribution in [3.05, 3.63) is 24.3 Å². The van der Waals surface area contributed by atoms with Crippen LogP contribution in [0.2, 0.25) is 0 Å². The predicted octanol–water partition coefficient (Wildman–Crippen LogP) is 1.87. The zero-order chi connectivity index (χ0) is 20.2. The van der Waals surface area contributed by atoms with Gasteiger partial charge in [-0.05, 0) is 75.4 Å². The first kappa shape index (κ1) is 21.7. The molecule has 2 fully saturated rings. The third kappa shape index (κ3) is 5.33. The van der Waals surface area contributed by atoms with Crippen LogP contribution in [0.5, 0.6) is 0 Å². The van der Waals surface area contributed by atoms with Gasteiger partial charge in [0.1, 0.15) is 0 Å². The molecule has 158 valence electrons. The molecule has 2 saturated heterocycles. The van der Waals surface area contributed by atoms with Gasteiger partial charge in [-0.3, -0.25) is 0 Å². The van der Waals surface area contributed by atoms with E-state index in [9.17, 15) is 16.8 Å². The van der Waals surface area contributed by atoms with Crippen molar-refractivity contribution in [2.24, 2.45) is 5.92 Å². The molecule has 2 aliphatic rings. The van der Waals surface area contributed by atoms with Gasteiger partial charge in [0.2, 0.25) is 20.0 Å². The highest BCUT2D eigenvalue weighted by molar-refractivity contribution is 7.89. The molecule has 0 aliphatic carbocycles. The molecule has 1 aromatic carbocycles. The molecule has 1 unspecified atom stereocenters. The summed E-state index contributed by atoms with van der Waals surface area (Å²) in [5.41, 5.74) is 0. The highest BCUT2D eigenvalue weighted by atomic mass is 32.2. The molecule has 0 aromatic heterocycles. The van der Waals surface area contributed by atoms with E-state index in [2.05, 4.69) is 16.5 Å². The number of benzene rings is 1. The molecule has 9 heteroatoms. The van der Waals surface area contributed by atoms with Crippen molar-refractivity contribution in [3.63, 3.8) is 0 Å². The minimum absolute atomic E-state index is 0.0967. The largest absolute Gasteiger partial charge is 0.303 e. The fourth-order valence-electron chi connectivity index (χ4n) is 3.95. The summed E-state index contributed by atoms with van der Waals surface area (Å²) in [4.78, 5) is 2.63. The Hall–Kier alpha value is -1.00. The van der Waals surface area contributed by atoms with Gasteiger partial charge in [0, 0.05) is 26.2 Å². The minimum Gasteiger partial charge on any atom is -0.303 e. The van der Waals surface area contributed by atoms with E-state index >= 15 is 0 Å². The van der Waals surface area contributed by atoms with Crippen molar-refractivity contribution in [1.82, 2.24) is 13.9 Å². The number of sulfonamides is 2. The molecular weight excluding hydrogens is 398 g/mol. The first-order valence-corrected chi connectivity index (χ1v) is 13.0. The average Bonchev–Trinajstić information content (AvgIpc) is 3.21. The van der Waals surface area contributed by atoms with Crippen LogP contribution in [0, 0.1) is 5.92 Å². The summed E-state index contributed by atoms with van der Waals surface area (Å²) in [7, 11) is -7.16. The van der Waals surface area contributed by atoms with Gasteiger partial charge in [-0.2, -0.15) is 4.31 Å². The van der Waals surface area contributed by atoms with Crippen LogP contribution in [0.3, 0.4) is 0 Å². The van der Waals surface area contributed by atoms with Crippen molar-refractivity contribution in [2.45, 2.75) is 48.8 Å². The summed E-state index contributed by atoms with van der Waals surface area (Å²) < 4.78 is 54.1. The molecule has 1 atom stereocenters. The quantitative estimate of drug-likeness (QED) is 0.638. The van der Waals surface area contributed by atoms with E-state index in [0.717, 1.165) is 38.9 Å². The predicted molar refractivity (Wildman–Crippen MR) is 109 cm³/mol. The lowest BCUT2D eigenvalue weighted by molar-refractivity contribution is 0.182. The Morgan fingerprint density at radius 3 is 2.25 bits per heavy atom. The molecule has 28 heavy (non-hydrogen) atoms. The molecule has 1 aromatic rings. The van der Waals surface area contributed by atoms with Gasteiger partial charge in [-0.1, -0.05) is 6.92 Å². The third-order valence-corrected chi connectivity index (χ3v) is 8.91. The molecule has 2 aliphatic heterocycles. The van der Waals surface area contributed by atoms with Crippen molar-refractivity contribution in [2.75, 3.05) is 39.3 Å². The second-order valence-electron chi connectivity index (χ2n) is 7.88. The lowest BCUT2D eigenvalue weighted by Gasteiger charge is -2.30. The number of piperidine rings is 1. The van der Waals surface area contributed by atoms with E-state index < -0.39 is 20.0 Å². The van der Waals surface area contributed by atoms with Crippen molar-refractivity contribution < 1.29 is 16.8 Å². The van der Waals surface area contributed by atoms with Gasteiger partial charge in [0.05, 0.1) is 9.79 Å². The first-order valence-electron chi connectivity index (χ1n) is 10.1. The lowest BCUT2D eigenvalue weighted by Crippen LogP contribution is -2.36. The van der Waals surface area contributed by atoms with Crippen LogP contribution >= 0.6 is 0 Å². The molecule has 3 rings (SSSR count). The lowest BCUT2D eigenvalue weighted by atomic mass is 10.0. The standard InChI is InChI=1S/C19H31N3O4S2/c1-17-6-4-12-21(16-17)13-5-11-20-27(23,24)18-7-9-19(10-8-18)28(25,26)22-14-2-3-15-22/h7-10,17,20H,2-6,11-16H2,1H3. The maximum atomic E-state index is 12.5. The van der Waals surface area contributed by atoms with E-state index in [1.54, 1.807) is 0 Å². The van der Waals surface area contributed by atoms with Crippen LogP contribution in [0.4, 0.5) is 0 Å². The second kappa shape index (κ2) is 9.21. The molecule has 1 N–H and O–H groups in total.